The Labute approximate surface area is 152 Å². The van der Waals surface area contributed by atoms with Gasteiger partial charge in [0.25, 0.3) is 5.91 Å². The second kappa shape index (κ2) is 6.48. The van der Waals surface area contributed by atoms with Gasteiger partial charge in [-0.15, -0.1) is 11.3 Å². The van der Waals surface area contributed by atoms with Crippen LogP contribution in [0, 0.1) is 13.8 Å². The summed E-state index contributed by atoms with van der Waals surface area (Å²) in [5, 5.41) is 3.03. The summed E-state index contributed by atoms with van der Waals surface area (Å²) < 4.78 is 0. The monoisotopic (exact) mass is 354 g/mol. The quantitative estimate of drug-likeness (QED) is 0.900. The summed E-state index contributed by atoms with van der Waals surface area (Å²) in [6, 6.07) is 8.71. The minimum atomic E-state index is -0.616. The number of fused-ring (bicyclic) bond motifs is 1. The van der Waals surface area contributed by atoms with Crippen LogP contribution in [-0.2, 0) is 4.79 Å². The van der Waals surface area contributed by atoms with Crippen LogP contribution in [0.15, 0.2) is 36.9 Å². The predicted molar refractivity (Wildman–Crippen MR) is 101 cm³/mol. The third-order valence-electron chi connectivity index (χ3n) is 4.65. The molecule has 0 aliphatic carbocycles. The molecule has 0 unspecified atom stereocenters. The molecule has 5 heteroatoms. The van der Waals surface area contributed by atoms with Crippen molar-refractivity contribution in [3.63, 3.8) is 0 Å². The summed E-state index contributed by atoms with van der Waals surface area (Å²) in [6.45, 7) is 11.8. The van der Waals surface area contributed by atoms with E-state index in [1.807, 2.05) is 25.1 Å². The van der Waals surface area contributed by atoms with Crippen LogP contribution in [0.25, 0.3) is 5.70 Å². The van der Waals surface area contributed by atoms with Crippen LogP contribution in [-0.4, -0.2) is 22.8 Å². The number of thiophene rings is 1. The van der Waals surface area contributed by atoms with Crippen molar-refractivity contribution in [3.8, 4) is 0 Å². The molecule has 3 rings (SSSR count). The van der Waals surface area contributed by atoms with Gasteiger partial charge in [-0.05, 0) is 45.4 Å². The number of carbonyl (C=O) groups excluding carboxylic acids is 2. The molecule has 0 fully saturated rings. The molecule has 2 aromatic rings. The number of benzene rings is 1. The highest BCUT2D eigenvalue weighted by molar-refractivity contribution is 7.12. The lowest BCUT2D eigenvalue weighted by Crippen LogP contribution is -2.45. The van der Waals surface area contributed by atoms with Crippen molar-refractivity contribution < 1.29 is 9.59 Å². The highest BCUT2D eigenvalue weighted by Crippen LogP contribution is 2.33. The van der Waals surface area contributed by atoms with Gasteiger partial charge in [-0.1, -0.05) is 24.8 Å². The summed E-state index contributed by atoms with van der Waals surface area (Å²) in [6.07, 6.45) is 0. The average molecular weight is 354 g/mol. The summed E-state index contributed by atoms with van der Waals surface area (Å²) in [7, 11) is 0. The molecule has 4 nitrogen and oxygen atoms in total. The van der Waals surface area contributed by atoms with Gasteiger partial charge >= 0.3 is 0 Å². The summed E-state index contributed by atoms with van der Waals surface area (Å²) in [5.74, 6) is -0.350. The van der Waals surface area contributed by atoms with Gasteiger partial charge in [0.15, 0.2) is 0 Å². The summed E-state index contributed by atoms with van der Waals surface area (Å²) in [5.41, 5.74) is 3.10. The molecule has 130 valence electrons. The fourth-order valence-electron chi connectivity index (χ4n) is 3.32. The number of nitrogens with zero attached hydrogens (tertiary/aromatic N) is 1. The second-order valence-corrected chi connectivity index (χ2v) is 7.90. The number of hydrogen-bond donors (Lipinski definition) is 1. The Kier molecular flexibility index (Phi) is 4.52. The molecular weight excluding hydrogens is 332 g/mol. The smallest absolute Gasteiger partial charge is 0.259 e. The zero-order valence-corrected chi connectivity index (χ0v) is 15.7. The van der Waals surface area contributed by atoms with Gasteiger partial charge in [-0.3, -0.25) is 14.5 Å². The van der Waals surface area contributed by atoms with Gasteiger partial charge in [-0.25, -0.2) is 0 Å². The van der Waals surface area contributed by atoms with E-state index in [9.17, 15) is 9.59 Å². The van der Waals surface area contributed by atoms with Crippen molar-refractivity contribution in [3.05, 3.63) is 63.4 Å². The molecular formula is C20H22N2O2S. The van der Waals surface area contributed by atoms with Crippen molar-refractivity contribution in [1.29, 1.82) is 0 Å². The first kappa shape index (κ1) is 17.4. The van der Waals surface area contributed by atoms with Crippen LogP contribution in [0.4, 0.5) is 0 Å². The van der Waals surface area contributed by atoms with Crippen LogP contribution in [0.5, 0.6) is 0 Å². The van der Waals surface area contributed by atoms with Crippen LogP contribution in [0.1, 0.15) is 51.1 Å². The van der Waals surface area contributed by atoms with E-state index in [0.29, 0.717) is 11.3 Å². The van der Waals surface area contributed by atoms with E-state index in [2.05, 4.69) is 31.8 Å². The molecule has 1 aliphatic rings. The first-order valence-electron chi connectivity index (χ1n) is 8.30. The van der Waals surface area contributed by atoms with Crippen molar-refractivity contribution in [2.45, 2.75) is 39.8 Å². The Hall–Kier alpha value is -2.40. The summed E-state index contributed by atoms with van der Waals surface area (Å²) in [4.78, 5) is 29.3. The lowest BCUT2D eigenvalue weighted by Gasteiger charge is -2.26. The number of rotatable bonds is 4. The molecule has 2 atom stereocenters. The van der Waals surface area contributed by atoms with Crippen molar-refractivity contribution in [2.24, 2.45) is 0 Å². The Bertz CT molecular complexity index is 833. The molecule has 0 radical (unpaired) electrons. The largest absolute Gasteiger partial charge is 0.348 e. The number of amides is 2. The molecule has 0 saturated carbocycles. The molecule has 1 aliphatic heterocycles. The third-order valence-corrected chi connectivity index (χ3v) is 5.63. The highest BCUT2D eigenvalue weighted by atomic mass is 32.1. The minimum absolute atomic E-state index is 0.103. The van der Waals surface area contributed by atoms with Crippen LogP contribution >= 0.6 is 11.3 Å². The number of carbonyl (C=O) groups is 2. The zero-order chi connectivity index (χ0) is 18.3. The maximum absolute atomic E-state index is 12.7. The van der Waals surface area contributed by atoms with E-state index in [0.717, 1.165) is 11.1 Å². The minimum Gasteiger partial charge on any atom is -0.348 e. The topological polar surface area (TPSA) is 49.4 Å². The molecule has 0 spiro atoms. The van der Waals surface area contributed by atoms with Gasteiger partial charge in [0.1, 0.15) is 6.04 Å². The molecule has 1 aromatic heterocycles. The fraction of sp³-hybridized carbons (Fsp3) is 0.300. The molecule has 0 saturated heterocycles. The van der Waals surface area contributed by atoms with Gasteiger partial charge in [0.2, 0.25) is 5.91 Å². The number of hydrogen-bond acceptors (Lipinski definition) is 3. The van der Waals surface area contributed by atoms with Gasteiger partial charge in [-0.2, -0.15) is 0 Å². The average Bonchev–Trinajstić information content (AvgIpc) is 3.04. The first-order valence-corrected chi connectivity index (χ1v) is 9.12. The van der Waals surface area contributed by atoms with E-state index < -0.39 is 6.04 Å². The van der Waals surface area contributed by atoms with Gasteiger partial charge in [0.05, 0.1) is 6.04 Å². The molecule has 2 amide bonds. The second-order valence-electron chi connectivity index (χ2n) is 6.44. The Morgan fingerprint density at radius 3 is 2.40 bits per heavy atom. The maximum Gasteiger partial charge on any atom is 0.259 e. The van der Waals surface area contributed by atoms with Crippen molar-refractivity contribution in [1.82, 2.24) is 10.2 Å². The maximum atomic E-state index is 12.7. The lowest BCUT2D eigenvalue weighted by molar-refractivity contribution is -0.124. The number of aryl methyl sites for hydroxylation is 2. The molecule has 1 N–H and O–H groups in total. The van der Waals surface area contributed by atoms with E-state index in [1.165, 1.54) is 14.7 Å². The Morgan fingerprint density at radius 1 is 1.20 bits per heavy atom. The van der Waals surface area contributed by atoms with Crippen LogP contribution in [0.2, 0.25) is 0 Å². The van der Waals surface area contributed by atoms with E-state index in [1.54, 1.807) is 24.3 Å². The van der Waals surface area contributed by atoms with Crippen molar-refractivity contribution in [2.75, 3.05) is 0 Å². The van der Waals surface area contributed by atoms with Crippen LogP contribution in [0.3, 0.4) is 0 Å². The third kappa shape index (κ3) is 3.00. The standard InChI is InChI=1S/C20H22N2O2S/c1-11-10-18(15(5)25-11)12(2)21-19(23)14(4)22-13(3)16-8-6-7-9-17(16)20(22)24/h6-10,12,14H,3H2,1-2,4-5H3,(H,21,23)/t12-,14-/m0/s1. The normalized spacial score (nSPS) is 15.9. The summed E-state index contributed by atoms with van der Waals surface area (Å²) >= 11 is 1.72. The lowest BCUT2D eigenvalue weighted by atomic mass is 10.1. The van der Waals surface area contributed by atoms with E-state index in [4.69, 9.17) is 0 Å². The van der Waals surface area contributed by atoms with Gasteiger partial charge < -0.3 is 5.32 Å². The molecule has 1 aromatic carbocycles. The SMILES string of the molecule is C=C1c2ccccc2C(=O)N1[C@@H](C)C(=O)N[C@@H](C)c1cc(C)sc1C. The van der Waals surface area contributed by atoms with Crippen molar-refractivity contribution >= 4 is 28.8 Å². The zero-order valence-electron chi connectivity index (χ0n) is 14.9. The van der Waals surface area contributed by atoms with Gasteiger partial charge in [0, 0.05) is 26.6 Å². The molecule has 25 heavy (non-hydrogen) atoms. The Balaban J connectivity index is 1.76. The molecule has 2 heterocycles. The highest BCUT2D eigenvalue weighted by Gasteiger charge is 2.37. The van der Waals surface area contributed by atoms with E-state index >= 15 is 0 Å². The Morgan fingerprint density at radius 2 is 1.84 bits per heavy atom. The predicted octanol–water partition coefficient (Wildman–Crippen LogP) is 4.06. The van der Waals surface area contributed by atoms with Crippen LogP contribution < -0.4 is 5.32 Å². The first-order chi connectivity index (χ1) is 11.8. The number of nitrogens with one attached hydrogen (secondary N) is 1. The molecule has 0 bridgehead atoms. The van der Waals surface area contributed by atoms with E-state index in [-0.39, 0.29) is 17.9 Å². The fourth-order valence-corrected chi connectivity index (χ4v) is 4.34.